The van der Waals surface area contributed by atoms with E-state index in [4.69, 9.17) is 17.3 Å². The molecule has 0 amide bonds. The highest BCUT2D eigenvalue weighted by atomic mass is 35.5. The minimum absolute atomic E-state index is 0.0916. The van der Waals surface area contributed by atoms with Gasteiger partial charge in [0.1, 0.15) is 6.33 Å². The maximum atomic E-state index is 5.93. The third-order valence-electron chi connectivity index (χ3n) is 2.74. The molecule has 4 nitrogen and oxygen atoms in total. The van der Waals surface area contributed by atoms with E-state index in [1.807, 2.05) is 25.2 Å². The number of aromatic nitrogens is 2. The van der Waals surface area contributed by atoms with Gasteiger partial charge in [0.25, 0.3) is 0 Å². The SMILES string of the molecule is CN(Cc1ccc(Cl)s1)C(CN)c1ccncn1. The van der Waals surface area contributed by atoms with Gasteiger partial charge in [-0.2, -0.15) is 0 Å². The largest absolute Gasteiger partial charge is 0.329 e. The number of thiophene rings is 1. The second-order valence-electron chi connectivity index (χ2n) is 4.01. The number of hydrogen-bond donors (Lipinski definition) is 1. The molecule has 0 bridgehead atoms. The van der Waals surface area contributed by atoms with Crippen molar-refractivity contribution in [1.82, 2.24) is 14.9 Å². The highest BCUT2D eigenvalue weighted by Gasteiger charge is 2.17. The Bertz CT molecular complexity index is 488. The van der Waals surface area contributed by atoms with E-state index < -0.39 is 0 Å². The van der Waals surface area contributed by atoms with E-state index in [0.717, 1.165) is 16.6 Å². The molecule has 0 saturated heterocycles. The van der Waals surface area contributed by atoms with Gasteiger partial charge >= 0.3 is 0 Å². The first kappa shape index (κ1) is 13.4. The monoisotopic (exact) mass is 282 g/mol. The van der Waals surface area contributed by atoms with E-state index in [9.17, 15) is 0 Å². The molecule has 0 radical (unpaired) electrons. The molecule has 6 heteroatoms. The third-order valence-corrected chi connectivity index (χ3v) is 3.95. The van der Waals surface area contributed by atoms with Gasteiger partial charge in [-0.25, -0.2) is 9.97 Å². The number of hydrogen-bond acceptors (Lipinski definition) is 5. The Morgan fingerprint density at radius 2 is 2.28 bits per heavy atom. The summed E-state index contributed by atoms with van der Waals surface area (Å²) in [7, 11) is 2.03. The Kier molecular flexibility index (Phi) is 4.66. The van der Waals surface area contributed by atoms with Gasteiger partial charge in [0.15, 0.2) is 0 Å². The van der Waals surface area contributed by atoms with Gasteiger partial charge in [-0.05, 0) is 25.2 Å². The van der Waals surface area contributed by atoms with Gasteiger partial charge in [0.05, 0.1) is 16.1 Å². The van der Waals surface area contributed by atoms with Crippen LogP contribution in [0.1, 0.15) is 16.6 Å². The van der Waals surface area contributed by atoms with Crippen LogP contribution in [-0.4, -0.2) is 28.5 Å². The fraction of sp³-hybridized carbons (Fsp3) is 0.333. The van der Waals surface area contributed by atoms with Crippen LogP contribution in [0.3, 0.4) is 0 Å². The fourth-order valence-corrected chi connectivity index (χ4v) is 2.97. The lowest BCUT2D eigenvalue weighted by atomic mass is 10.1. The Morgan fingerprint density at radius 3 is 2.83 bits per heavy atom. The van der Waals surface area contributed by atoms with Crippen LogP contribution < -0.4 is 5.73 Å². The maximum absolute atomic E-state index is 5.93. The number of nitrogens with zero attached hydrogens (tertiary/aromatic N) is 3. The van der Waals surface area contributed by atoms with E-state index in [-0.39, 0.29) is 6.04 Å². The number of halogens is 1. The Labute approximate surface area is 115 Å². The van der Waals surface area contributed by atoms with Gasteiger partial charge in [0, 0.05) is 24.2 Å². The van der Waals surface area contributed by atoms with E-state index in [1.54, 1.807) is 23.9 Å². The highest BCUT2D eigenvalue weighted by Crippen LogP contribution is 2.25. The molecule has 2 rings (SSSR count). The van der Waals surface area contributed by atoms with Crippen molar-refractivity contribution in [1.29, 1.82) is 0 Å². The molecule has 2 N–H and O–H groups in total. The molecule has 0 aliphatic heterocycles. The van der Waals surface area contributed by atoms with Gasteiger partial charge in [-0.15, -0.1) is 11.3 Å². The van der Waals surface area contributed by atoms with Crippen molar-refractivity contribution in [3.8, 4) is 0 Å². The van der Waals surface area contributed by atoms with Crippen molar-refractivity contribution in [3.63, 3.8) is 0 Å². The summed E-state index contributed by atoms with van der Waals surface area (Å²) in [6.45, 7) is 1.33. The van der Waals surface area contributed by atoms with Crippen LogP contribution in [-0.2, 0) is 6.54 Å². The molecule has 96 valence electrons. The van der Waals surface area contributed by atoms with Crippen LogP contribution >= 0.6 is 22.9 Å². The zero-order valence-corrected chi connectivity index (χ0v) is 11.7. The summed E-state index contributed by atoms with van der Waals surface area (Å²) in [5, 5.41) is 0. The first-order chi connectivity index (χ1) is 8.70. The van der Waals surface area contributed by atoms with Crippen molar-refractivity contribution >= 4 is 22.9 Å². The maximum Gasteiger partial charge on any atom is 0.115 e. The van der Waals surface area contributed by atoms with Gasteiger partial charge in [-0.3, -0.25) is 4.90 Å². The molecule has 2 aromatic rings. The highest BCUT2D eigenvalue weighted by molar-refractivity contribution is 7.16. The predicted molar refractivity (Wildman–Crippen MR) is 74.6 cm³/mol. The summed E-state index contributed by atoms with van der Waals surface area (Å²) in [4.78, 5) is 11.6. The zero-order valence-electron chi connectivity index (χ0n) is 10.1. The van der Waals surface area contributed by atoms with Gasteiger partial charge in [0.2, 0.25) is 0 Å². The quantitative estimate of drug-likeness (QED) is 0.914. The Hall–Kier alpha value is -1.01. The summed E-state index contributed by atoms with van der Waals surface area (Å²) in [6, 6.07) is 5.94. The molecular weight excluding hydrogens is 268 g/mol. The average molecular weight is 283 g/mol. The molecule has 0 aliphatic carbocycles. The van der Waals surface area contributed by atoms with Gasteiger partial charge < -0.3 is 5.73 Å². The lowest BCUT2D eigenvalue weighted by Crippen LogP contribution is -2.30. The lowest BCUT2D eigenvalue weighted by molar-refractivity contribution is 0.239. The van der Waals surface area contributed by atoms with Crippen molar-refractivity contribution in [2.75, 3.05) is 13.6 Å². The number of nitrogens with two attached hydrogens (primary N) is 1. The Morgan fingerprint density at radius 1 is 1.44 bits per heavy atom. The molecule has 0 spiro atoms. The van der Waals surface area contributed by atoms with Crippen LogP contribution in [0.4, 0.5) is 0 Å². The molecule has 0 aliphatic rings. The second-order valence-corrected chi connectivity index (χ2v) is 5.81. The molecule has 1 atom stereocenters. The second kappa shape index (κ2) is 6.24. The van der Waals surface area contributed by atoms with Crippen molar-refractivity contribution in [3.05, 3.63) is 45.6 Å². The molecule has 0 aromatic carbocycles. The topological polar surface area (TPSA) is 55.0 Å². The molecule has 18 heavy (non-hydrogen) atoms. The normalized spacial score (nSPS) is 12.9. The molecule has 0 saturated carbocycles. The average Bonchev–Trinajstić information content (AvgIpc) is 2.77. The minimum Gasteiger partial charge on any atom is -0.329 e. The fourth-order valence-electron chi connectivity index (χ4n) is 1.82. The molecular formula is C12H15ClN4S. The van der Waals surface area contributed by atoms with E-state index >= 15 is 0 Å². The van der Waals surface area contributed by atoms with Gasteiger partial charge in [-0.1, -0.05) is 11.6 Å². The summed E-state index contributed by atoms with van der Waals surface area (Å²) < 4.78 is 0.810. The smallest absolute Gasteiger partial charge is 0.115 e. The molecule has 2 aromatic heterocycles. The summed E-state index contributed by atoms with van der Waals surface area (Å²) in [6.07, 6.45) is 3.29. The summed E-state index contributed by atoms with van der Waals surface area (Å²) in [5.74, 6) is 0. The standard InChI is InChI=1S/C12H15ClN4S/c1-17(7-9-2-3-12(13)18-9)11(6-14)10-4-5-15-8-16-10/h2-5,8,11H,6-7,14H2,1H3. The zero-order chi connectivity index (χ0) is 13.0. The van der Waals surface area contributed by atoms with Crippen molar-refractivity contribution < 1.29 is 0 Å². The van der Waals surface area contributed by atoms with Crippen LogP contribution in [0.2, 0.25) is 4.34 Å². The van der Waals surface area contributed by atoms with Crippen molar-refractivity contribution in [2.45, 2.75) is 12.6 Å². The van der Waals surface area contributed by atoms with E-state index in [1.165, 1.54) is 4.88 Å². The molecule has 1 unspecified atom stereocenters. The number of likely N-dealkylation sites (N-methyl/N-ethyl adjacent to an activating group) is 1. The number of rotatable bonds is 5. The van der Waals surface area contributed by atoms with E-state index in [2.05, 4.69) is 14.9 Å². The van der Waals surface area contributed by atoms with Crippen LogP contribution in [0.25, 0.3) is 0 Å². The minimum atomic E-state index is 0.0916. The first-order valence-electron chi connectivity index (χ1n) is 5.61. The van der Waals surface area contributed by atoms with Crippen LogP contribution in [0, 0.1) is 0 Å². The Balaban J connectivity index is 2.08. The predicted octanol–water partition coefficient (Wildman–Crippen LogP) is 2.32. The lowest BCUT2D eigenvalue weighted by Gasteiger charge is -2.25. The van der Waals surface area contributed by atoms with E-state index in [0.29, 0.717) is 6.54 Å². The summed E-state index contributed by atoms with van der Waals surface area (Å²) >= 11 is 7.52. The molecule has 2 heterocycles. The molecule has 0 fully saturated rings. The third kappa shape index (κ3) is 3.26. The van der Waals surface area contributed by atoms with Crippen LogP contribution in [0.15, 0.2) is 30.7 Å². The first-order valence-corrected chi connectivity index (χ1v) is 6.80. The summed E-state index contributed by atoms with van der Waals surface area (Å²) in [5.41, 5.74) is 6.78. The van der Waals surface area contributed by atoms with Crippen LogP contribution in [0.5, 0.6) is 0 Å². The van der Waals surface area contributed by atoms with Crippen molar-refractivity contribution in [2.24, 2.45) is 5.73 Å².